The van der Waals surface area contributed by atoms with Crippen LogP contribution in [0.2, 0.25) is 5.15 Å². The van der Waals surface area contributed by atoms with Crippen molar-refractivity contribution in [1.29, 1.82) is 0 Å². The summed E-state index contributed by atoms with van der Waals surface area (Å²) in [4.78, 5) is 29.0. The van der Waals surface area contributed by atoms with E-state index >= 15 is 0 Å². The molecule has 1 heterocycles. The van der Waals surface area contributed by atoms with E-state index in [1.165, 1.54) is 18.9 Å². The van der Waals surface area contributed by atoms with Crippen LogP contribution in [0.3, 0.4) is 0 Å². The molecule has 0 saturated carbocycles. The Kier molecular flexibility index (Phi) is 7.28. The van der Waals surface area contributed by atoms with Crippen molar-refractivity contribution in [2.24, 2.45) is 0 Å². The Bertz CT molecular complexity index is 587. The lowest BCUT2D eigenvalue weighted by atomic mass is 10.2. The second kappa shape index (κ2) is 8.73. The lowest BCUT2D eigenvalue weighted by Gasteiger charge is -2.27. The van der Waals surface area contributed by atoms with Crippen molar-refractivity contribution < 1.29 is 19.1 Å². The molecule has 0 atom stereocenters. The summed E-state index contributed by atoms with van der Waals surface area (Å²) < 4.78 is 10.6. The molecule has 134 valence electrons. The van der Waals surface area contributed by atoms with Crippen molar-refractivity contribution in [2.45, 2.75) is 39.8 Å². The van der Waals surface area contributed by atoms with Crippen LogP contribution in [0.5, 0.6) is 5.88 Å². The zero-order chi connectivity index (χ0) is 18.3. The highest BCUT2D eigenvalue weighted by atomic mass is 35.5. The predicted molar refractivity (Wildman–Crippen MR) is 91.1 cm³/mol. The maximum atomic E-state index is 12.4. The number of pyridine rings is 1. The van der Waals surface area contributed by atoms with Crippen LogP contribution in [-0.2, 0) is 16.1 Å². The average Bonchev–Trinajstić information content (AvgIpc) is 2.45. The van der Waals surface area contributed by atoms with E-state index in [-0.39, 0.29) is 12.5 Å². The van der Waals surface area contributed by atoms with Gasteiger partial charge in [-0.25, -0.2) is 9.78 Å². The first-order chi connectivity index (χ1) is 11.1. The number of rotatable bonds is 6. The van der Waals surface area contributed by atoms with Gasteiger partial charge in [0.15, 0.2) is 0 Å². The van der Waals surface area contributed by atoms with Crippen LogP contribution >= 0.6 is 11.6 Å². The highest BCUT2D eigenvalue weighted by Gasteiger charge is 2.23. The zero-order valence-electron chi connectivity index (χ0n) is 14.7. The summed E-state index contributed by atoms with van der Waals surface area (Å²) in [6.07, 6.45) is -0.482. The Morgan fingerprint density at radius 3 is 2.54 bits per heavy atom. The summed E-state index contributed by atoms with van der Waals surface area (Å²) in [5.41, 5.74) is 0.0710. The van der Waals surface area contributed by atoms with Gasteiger partial charge in [-0.2, -0.15) is 0 Å². The largest absolute Gasteiger partial charge is 0.481 e. The Labute approximate surface area is 147 Å². The monoisotopic (exact) mass is 357 g/mol. The van der Waals surface area contributed by atoms with Crippen LogP contribution < -0.4 is 10.1 Å². The van der Waals surface area contributed by atoms with Gasteiger partial charge in [-0.3, -0.25) is 4.79 Å². The number of aromatic nitrogens is 1. The predicted octanol–water partition coefficient (Wildman–Crippen LogP) is 2.62. The van der Waals surface area contributed by atoms with Crippen LogP contribution in [0, 0.1) is 0 Å². The Hall–Kier alpha value is -2.02. The molecule has 0 fully saturated rings. The van der Waals surface area contributed by atoms with Gasteiger partial charge < -0.3 is 19.7 Å². The zero-order valence-corrected chi connectivity index (χ0v) is 15.4. The number of nitrogens with one attached hydrogen (secondary N) is 1. The summed E-state index contributed by atoms with van der Waals surface area (Å²) in [6.45, 7) is 7.63. The number of ether oxygens (including phenoxy) is 2. The van der Waals surface area contributed by atoms with E-state index in [1.54, 1.807) is 32.9 Å². The maximum absolute atomic E-state index is 12.4. The van der Waals surface area contributed by atoms with Crippen molar-refractivity contribution in [3.05, 3.63) is 22.8 Å². The third kappa shape index (κ3) is 7.04. The van der Waals surface area contributed by atoms with Crippen LogP contribution in [0.15, 0.2) is 12.1 Å². The molecule has 0 aromatic carbocycles. The third-order valence-electron chi connectivity index (χ3n) is 2.87. The number of methoxy groups -OCH3 is 1. The molecule has 1 aromatic rings. The number of nitrogens with zero attached hydrogens (tertiary/aromatic N) is 2. The van der Waals surface area contributed by atoms with E-state index in [0.717, 1.165) is 0 Å². The van der Waals surface area contributed by atoms with Gasteiger partial charge in [0.1, 0.15) is 10.8 Å². The summed E-state index contributed by atoms with van der Waals surface area (Å²) in [5, 5.41) is 2.96. The van der Waals surface area contributed by atoms with Crippen LogP contribution in [0.25, 0.3) is 0 Å². The molecule has 0 bridgehead atoms. The highest BCUT2D eigenvalue weighted by molar-refractivity contribution is 6.29. The van der Waals surface area contributed by atoms with Gasteiger partial charge in [-0.05, 0) is 32.9 Å². The number of halogens is 1. The first-order valence-corrected chi connectivity index (χ1v) is 7.92. The minimum absolute atomic E-state index is 0.162. The third-order valence-corrected chi connectivity index (χ3v) is 3.08. The molecular formula is C16H24ClN3O4. The second-order valence-electron chi connectivity index (χ2n) is 6.19. The molecular weight excluding hydrogens is 334 g/mol. The molecule has 24 heavy (non-hydrogen) atoms. The van der Waals surface area contributed by atoms with Gasteiger partial charge in [0.2, 0.25) is 11.8 Å². The van der Waals surface area contributed by atoms with Gasteiger partial charge in [0.05, 0.1) is 13.7 Å². The number of hydrogen-bond acceptors (Lipinski definition) is 5. The van der Waals surface area contributed by atoms with Gasteiger partial charge in [-0.15, -0.1) is 0 Å². The highest BCUT2D eigenvalue weighted by Crippen LogP contribution is 2.21. The number of carbonyl (C=O) groups is 2. The van der Waals surface area contributed by atoms with E-state index in [4.69, 9.17) is 21.1 Å². The Balaban J connectivity index is 2.91. The molecule has 0 aliphatic rings. The first kappa shape index (κ1) is 20.0. The second-order valence-corrected chi connectivity index (χ2v) is 6.57. The molecule has 0 spiro atoms. The minimum Gasteiger partial charge on any atom is -0.481 e. The molecule has 1 N–H and O–H groups in total. The fraction of sp³-hybridized carbons (Fsp3) is 0.562. The van der Waals surface area contributed by atoms with Crippen molar-refractivity contribution in [3.8, 4) is 5.88 Å². The molecule has 0 radical (unpaired) electrons. The fourth-order valence-corrected chi connectivity index (χ4v) is 2.02. The van der Waals surface area contributed by atoms with Crippen molar-refractivity contribution in [2.75, 3.05) is 20.2 Å². The van der Waals surface area contributed by atoms with Crippen LogP contribution in [-0.4, -0.2) is 47.7 Å². The minimum atomic E-state index is -0.619. The molecule has 1 rings (SSSR count). The van der Waals surface area contributed by atoms with E-state index < -0.39 is 11.7 Å². The molecule has 7 nitrogen and oxygen atoms in total. The first-order valence-electron chi connectivity index (χ1n) is 7.54. The molecule has 0 saturated heterocycles. The van der Waals surface area contributed by atoms with Crippen molar-refractivity contribution in [1.82, 2.24) is 15.2 Å². The summed E-state index contributed by atoms with van der Waals surface area (Å²) >= 11 is 5.86. The molecule has 1 aromatic heterocycles. The van der Waals surface area contributed by atoms with Crippen LogP contribution in [0.1, 0.15) is 33.3 Å². The number of carbonyl (C=O) groups excluding carboxylic acids is 2. The quantitative estimate of drug-likeness (QED) is 0.791. The Morgan fingerprint density at radius 2 is 2.00 bits per heavy atom. The van der Waals surface area contributed by atoms with Crippen molar-refractivity contribution in [3.63, 3.8) is 0 Å². The lowest BCUT2D eigenvalue weighted by molar-refractivity contribution is -0.119. The van der Waals surface area contributed by atoms with Gasteiger partial charge >= 0.3 is 6.09 Å². The smallest absolute Gasteiger partial charge is 0.410 e. The molecule has 0 unspecified atom stereocenters. The molecule has 8 heteroatoms. The van der Waals surface area contributed by atoms with Gasteiger partial charge in [-0.1, -0.05) is 11.6 Å². The average molecular weight is 358 g/mol. The Morgan fingerprint density at radius 1 is 1.33 bits per heavy atom. The number of amides is 2. The topological polar surface area (TPSA) is 80.8 Å². The van der Waals surface area contributed by atoms with Gasteiger partial charge in [0, 0.05) is 25.6 Å². The normalized spacial score (nSPS) is 10.9. The summed E-state index contributed by atoms with van der Waals surface area (Å²) in [7, 11) is 1.48. The summed E-state index contributed by atoms with van der Waals surface area (Å²) in [6, 6.07) is 3.37. The summed E-state index contributed by atoms with van der Waals surface area (Å²) in [5.74, 6) is 0.181. The van der Waals surface area contributed by atoms with E-state index in [2.05, 4.69) is 10.3 Å². The van der Waals surface area contributed by atoms with Crippen molar-refractivity contribution >= 4 is 23.6 Å². The molecule has 0 aliphatic carbocycles. The van der Waals surface area contributed by atoms with Crippen LogP contribution in [0.4, 0.5) is 4.79 Å². The maximum Gasteiger partial charge on any atom is 0.410 e. The van der Waals surface area contributed by atoms with E-state index in [1.807, 2.05) is 0 Å². The molecule has 0 aliphatic heterocycles. The SMILES string of the molecule is COc1nc(Cl)ccc1CN(CCNC(C)=O)C(=O)OC(C)(C)C. The van der Waals surface area contributed by atoms with Gasteiger partial charge in [0.25, 0.3) is 0 Å². The molecule has 2 amide bonds. The lowest BCUT2D eigenvalue weighted by Crippen LogP contribution is -2.40. The van der Waals surface area contributed by atoms with E-state index in [0.29, 0.717) is 29.7 Å². The standard InChI is InChI=1S/C16H24ClN3O4/c1-11(21)18-8-9-20(15(22)24-16(2,3)4)10-12-6-7-13(17)19-14(12)23-5/h6-7H,8-10H2,1-5H3,(H,18,21). The fourth-order valence-electron chi connectivity index (χ4n) is 1.88. The van der Waals surface area contributed by atoms with E-state index in [9.17, 15) is 9.59 Å². The number of hydrogen-bond donors (Lipinski definition) is 1.